The number of carbonyl (C=O) groups is 2. The molecule has 56 heavy (non-hydrogen) atoms. The number of carbonyl (C=O) groups excluding carboxylic acids is 2. The van der Waals surface area contributed by atoms with E-state index in [4.69, 9.17) is 19.4 Å². The molecule has 0 unspecified atom stereocenters. The van der Waals surface area contributed by atoms with Gasteiger partial charge in [0.15, 0.2) is 0 Å². The molecule has 3 heterocycles. The molecule has 2 aliphatic rings. The summed E-state index contributed by atoms with van der Waals surface area (Å²) in [4.78, 5) is 44.4. The minimum absolute atomic E-state index is 0.104. The number of aryl methyl sites for hydroxylation is 2. The lowest BCUT2D eigenvalue weighted by Crippen LogP contribution is -2.36. The number of nitrogens with one attached hydrogen (secondary N) is 3. The van der Waals surface area contributed by atoms with Gasteiger partial charge in [0.1, 0.15) is 23.9 Å². The molecule has 1 saturated heterocycles. The van der Waals surface area contributed by atoms with Crippen LogP contribution >= 0.6 is 0 Å². The number of aromatic amines is 2. The Bertz CT molecular complexity index is 2360. The Kier molecular flexibility index (Phi) is 10.4. The quantitative estimate of drug-likeness (QED) is 0.128. The van der Waals surface area contributed by atoms with Crippen molar-refractivity contribution in [2.75, 3.05) is 6.54 Å². The Morgan fingerprint density at radius 1 is 0.929 bits per heavy atom. The van der Waals surface area contributed by atoms with E-state index in [0.717, 1.165) is 101 Å². The smallest absolute Gasteiger partial charge is 0.410 e. The maximum absolute atomic E-state index is 13.0. The highest BCUT2D eigenvalue weighted by Gasteiger charge is 2.36. The van der Waals surface area contributed by atoms with Crippen LogP contribution < -0.4 is 5.32 Å². The van der Waals surface area contributed by atoms with Crippen LogP contribution in [0.5, 0.6) is 0 Å². The minimum Gasteiger partial charge on any atom is -0.445 e. The molecule has 288 valence electrons. The summed E-state index contributed by atoms with van der Waals surface area (Å²) in [5.41, 5.74) is 9.22. The van der Waals surface area contributed by atoms with Crippen LogP contribution in [0, 0.1) is 0 Å². The van der Waals surface area contributed by atoms with Crippen LogP contribution in [0.15, 0.2) is 91.1 Å². The molecular formula is C46H50N6O4. The molecule has 10 heteroatoms. The lowest BCUT2D eigenvalue weighted by atomic mass is 9.89. The summed E-state index contributed by atoms with van der Waals surface area (Å²) in [5, 5.41) is 5.31. The van der Waals surface area contributed by atoms with E-state index in [9.17, 15) is 9.59 Å². The first-order valence-corrected chi connectivity index (χ1v) is 19.9. The summed E-state index contributed by atoms with van der Waals surface area (Å²) < 4.78 is 11.2. The molecule has 0 radical (unpaired) electrons. The van der Waals surface area contributed by atoms with Gasteiger partial charge in [-0.25, -0.2) is 19.6 Å². The Balaban J connectivity index is 0.966. The first-order chi connectivity index (χ1) is 27.1. The molecule has 2 aromatic heterocycles. The van der Waals surface area contributed by atoms with Crippen molar-refractivity contribution < 1.29 is 19.1 Å². The molecule has 1 fully saturated rings. The predicted octanol–water partition coefficient (Wildman–Crippen LogP) is 10.6. The number of H-pyrrole nitrogens is 2. The van der Waals surface area contributed by atoms with Gasteiger partial charge in [-0.15, -0.1) is 0 Å². The summed E-state index contributed by atoms with van der Waals surface area (Å²) in [6.07, 6.45) is 7.41. The first kappa shape index (κ1) is 37.0. The van der Waals surface area contributed by atoms with E-state index in [1.54, 1.807) is 0 Å². The van der Waals surface area contributed by atoms with Gasteiger partial charge in [0.05, 0.1) is 29.7 Å². The van der Waals surface area contributed by atoms with Crippen LogP contribution in [0.1, 0.15) is 100 Å². The maximum atomic E-state index is 13.0. The lowest BCUT2D eigenvalue weighted by molar-refractivity contribution is 0.0218. The molecular weight excluding hydrogens is 701 g/mol. The molecule has 0 bridgehead atoms. The van der Waals surface area contributed by atoms with Gasteiger partial charge in [0.25, 0.3) is 0 Å². The van der Waals surface area contributed by atoms with Crippen molar-refractivity contribution in [2.24, 2.45) is 0 Å². The number of likely N-dealkylation sites (tertiary alicyclic amines) is 1. The molecule has 8 rings (SSSR count). The van der Waals surface area contributed by atoms with Gasteiger partial charge in [0.2, 0.25) is 0 Å². The number of amides is 2. The van der Waals surface area contributed by atoms with Crippen molar-refractivity contribution >= 4 is 23.0 Å². The van der Waals surface area contributed by atoms with Gasteiger partial charge in [0, 0.05) is 23.4 Å². The lowest BCUT2D eigenvalue weighted by Gasteiger charge is -2.27. The Labute approximate surface area is 328 Å². The molecule has 0 spiro atoms. The van der Waals surface area contributed by atoms with E-state index in [1.165, 1.54) is 11.1 Å². The normalized spacial score (nSPS) is 15.6. The van der Waals surface area contributed by atoms with E-state index >= 15 is 0 Å². The molecule has 10 nitrogen and oxygen atoms in total. The van der Waals surface area contributed by atoms with Crippen molar-refractivity contribution in [3.05, 3.63) is 120 Å². The van der Waals surface area contributed by atoms with E-state index in [2.05, 4.69) is 76.8 Å². The number of unbranched alkanes of at least 4 members (excludes halogenated alkanes) is 1. The average Bonchev–Trinajstić information content (AvgIpc) is 3.98. The molecule has 1 aliphatic carbocycles. The highest BCUT2D eigenvalue weighted by Crippen LogP contribution is 2.39. The third-order valence-corrected chi connectivity index (χ3v) is 10.8. The monoisotopic (exact) mass is 750 g/mol. The number of rotatable bonds is 10. The molecule has 2 amide bonds. The Morgan fingerprint density at radius 2 is 1.68 bits per heavy atom. The van der Waals surface area contributed by atoms with Crippen LogP contribution in [0.4, 0.5) is 9.59 Å². The topological polar surface area (TPSA) is 125 Å². The van der Waals surface area contributed by atoms with Crippen molar-refractivity contribution in [3.8, 4) is 33.6 Å². The number of alkyl carbamates (subject to hydrolysis) is 1. The van der Waals surface area contributed by atoms with Crippen LogP contribution in [-0.4, -0.2) is 49.2 Å². The fourth-order valence-corrected chi connectivity index (χ4v) is 7.90. The van der Waals surface area contributed by atoms with Crippen molar-refractivity contribution in [1.82, 2.24) is 30.2 Å². The largest absolute Gasteiger partial charge is 0.445 e. The van der Waals surface area contributed by atoms with Crippen molar-refractivity contribution in [2.45, 2.75) is 96.9 Å². The number of ether oxygens (including phenoxy) is 2. The number of nitrogens with zero attached hydrogens (tertiary/aromatic N) is 3. The Morgan fingerprint density at radius 3 is 2.46 bits per heavy atom. The van der Waals surface area contributed by atoms with Crippen LogP contribution in [0.3, 0.4) is 0 Å². The van der Waals surface area contributed by atoms with Crippen LogP contribution in [-0.2, 0) is 28.9 Å². The van der Waals surface area contributed by atoms with E-state index in [1.807, 2.05) is 62.2 Å². The zero-order valence-electron chi connectivity index (χ0n) is 32.7. The van der Waals surface area contributed by atoms with Gasteiger partial charge < -0.3 is 24.8 Å². The SMILES string of the molecule is CCCC[C@H](NC(=O)OCc1ccccc1)c1ncc(-c2ccc3cc(-c4ccc5c(c4)CCc4[nH]c([C@@H]6CCCN6C(=O)OC(C)(C)C)nc4-5)ccc3c2)[nH]1. The first-order valence-electron chi connectivity index (χ1n) is 19.9. The van der Waals surface area contributed by atoms with Gasteiger partial charge in [-0.3, -0.25) is 4.90 Å². The summed E-state index contributed by atoms with van der Waals surface area (Å²) in [6, 6.07) is 29.0. The fourth-order valence-electron chi connectivity index (χ4n) is 7.90. The molecule has 4 aromatic carbocycles. The highest BCUT2D eigenvalue weighted by atomic mass is 16.6. The predicted molar refractivity (Wildman–Crippen MR) is 219 cm³/mol. The zero-order valence-corrected chi connectivity index (χ0v) is 32.7. The van der Waals surface area contributed by atoms with Gasteiger partial charge in [-0.05, 0) is 98.0 Å². The zero-order chi connectivity index (χ0) is 38.8. The molecule has 3 N–H and O–H groups in total. The van der Waals surface area contributed by atoms with E-state index in [-0.39, 0.29) is 24.8 Å². The van der Waals surface area contributed by atoms with Gasteiger partial charge in [-0.1, -0.05) is 92.6 Å². The number of imidazole rings is 2. The second-order valence-corrected chi connectivity index (χ2v) is 16.0. The number of benzene rings is 4. The molecule has 2 atom stereocenters. The summed E-state index contributed by atoms with van der Waals surface area (Å²) >= 11 is 0. The standard InChI is InChI=1S/C46H50N6O4/c1-5-6-13-38(50-44(53)55-28-29-11-8-7-9-12-29)42-47-27-39(49-42)35-18-17-31-24-30(15-16-32(31)26-35)33-19-21-36-34(25-33)20-22-37-41(36)51-43(48-37)40-14-10-23-52(40)45(54)56-46(2,3)4/h7-9,11-12,15-19,21,24-27,38,40H,5-6,10,13-14,20,22-23,28H2,1-4H3,(H,47,49)(H,48,51)(H,50,53)/t38-,40-/m0/s1. The summed E-state index contributed by atoms with van der Waals surface area (Å²) in [6.45, 7) is 8.73. The van der Waals surface area contributed by atoms with Crippen LogP contribution in [0.25, 0.3) is 44.4 Å². The van der Waals surface area contributed by atoms with Gasteiger partial charge in [-0.2, -0.15) is 0 Å². The number of fused-ring (bicyclic) bond motifs is 4. The molecule has 1 aliphatic heterocycles. The summed E-state index contributed by atoms with van der Waals surface area (Å²) in [7, 11) is 0. The fraction of sp³-hybridized carbons (Fsp3) is 0.348. The van der Waals surface area contributed by atoms with E-state index in [0.29, 0.717) is 12.4 Å². The van der Waals surface area contributed by atoms with Crippen molar-refractivity contribution in [3.63, 3.8) is 0 Å². The molecule has 6 aromatic rings. The maximum Gasteiger partial charge on any atom is 0.410 e. The second-order valence-electron chi connectivity index (χ2n) is 16.0. The number of hydrogen-bond donors (Lipinski definition) is 3. The van der Waals surface area contributed by atoms with Gasteiger partial charge >= 0.3 is 12.2 Å². The molecule has 0 saturated carbocycles. The van der Waals surface area contributed by atoms with E-state index < -0.39 is 11.7 Å². The average molecular weight is 751 g/mol. The minimum atomic E-state index is -0.540. The third kappa shape index (κ3) is 8.05. The third-order valence-electron chi connectivity index (χ3n) is 10.8. The van der Waals surface area contributed by atoms with Crippen molar-refractivity contribution in [1.29, 1.82) is 0 Å². The number of hydrogen-bond acceptors (Lipinski definition) is 6. The summed E-state index contributed by atoms with van der Waals surface area (Å²) in [5.74, 6) is 1.57. The Hall–Kier alpha value is -5.90. The highest BCUT2D eigenvalue weighted by molar-refractivity contribution is 5.91. The van der Waals surface area contributed by atoms with Crippen LogP contribution in [0.2, 0.25) is 0 Å². The number of aromatic nitrogens is 4. The second kappa shape index (κ2) is 15.7.